The molecule has 0 unspecified atom stereocenters. The summed E-state index contributed by atoms with van der Waals surface area (Å²) in [6, 6.07) is 7.30. The molecule has 0 radical (unpaired) electrons. The molecule has 2 rings (SSSR count). The van der Waals surface area contributed by atoms with Crippen LogP contribution >= 0.6 is 11.6 Å². The second-order valence-corrected chi connectivity index (χ2v) is 5.38. The average molecular weight is 308 g/mol. The number of aromatic nitrogens is 1. The number of rotatable bonds is 4. The van der Waals surface area contributed by atoms with E-state index in [2.05, 4.69) is 10.5 Å². The van der Waals surface area contributed by atoms with Crippen molar-refractivity contribution in [1.29, 1.82) is 0 Å². The maximum Gasteiger partial charge on any atom is 0.317 e. The van der Waals surface area contributed by atoms with Crippen molar-refractivity contribution in [3.05, 3.63) is 51.9 Å². The number of carbonyl (C=O) groups excluding carboxylic acids is 1. The van der Waals surface area contributed by atoms with Crippen molar-refractivity contribution >= 4 is 17.6 Å². The molecule has 1 N–H and O–H groups in total. The molecule has 1 aromatic carbocycles. The second-order valence-electron chi connectivity index (χ2n) is 4.95. The van der Waals surface area contributed by atoms with Crippen LogP contribution in [0.4, 0.5) is 4.79 Å². The van der Waals surface area contributed by atoms with Gasteiger partial charge in [-0.3, -0.25) is 0 Å². The minimum atomic E-state index is -0.157. The Labute approximate surface area is 128 Å². The number of nitrogens with one attached hydrogen (secondary N) is 1. The van der Waals surface area contributed by atoms with Gasteiger partial charge in [0.25, 0.3) is 0 Å². The van der Waals surface area contributed by atoms with Crippen molar-refractivity contribution < 1.29 is 9.32 Å². The number of amides is 2. The second kappa shape index (κ2) is 6.63. The van der Waals surface area contributed by atoms with Gasteiger partial charge in [-0.2, -0.15) is 0 Å². The number of hydrogen-bond donors (Lipinski definition) is 1. The molecule has 0 aliphatic heterocycles. The van der Waals surface area contributed by atoms with Crippen LogP contribution in [0.2, 0.25) is 5.02 Å². The zero-order valence-electron chi connectivity index (χ0n) is 12.3. The first-order valence-corrected chi connectivity index (χ1v) is 7.00. The fourth-order valence-corrected chi connectivity index (χ4v) is 2.25. The monoisotopic (exact) mass is 307 g/mol. The topological polar surface area (TPSA) is 58.4 Å². The standard InChI is InChI=1S/C15H18ClN3O2/c1-10-14(11(2)21-18-10)8-17-15(20)19(3)9-12-5-4-6-13(16)7-12/h4-7H,8-9H2,1-3H3,(H,17,20). The highest BCUT2D eigenvalue weighted by atomic mass is 35.5. The molecule has 0 saturated carbocycles. The molecule has 1 aromatic heterocycles. The third kappa shape index (κ3) is 3.98. The predicted octanol–water partition coefficient (Wildman–Crippen LogP) is 3.29. The molecule has 2 amide bonds. The van der Waals surface area contributed by atoms with Gasteiger partial charge in [0, 0.05) is 30.7 Å². The van der Waals surface area contributed by atoms with Crippen LogP contribution in [0, 0.1) is 13.8 Å². The largest absolute Gasteiger partial charge is 0.361 e. The van der Waals surface area contributed by atoms with Gasteiger partial charge in [-0.05, 0) is 31.5 Å². The number of hydrogen-bond acceptors (Lipinski definition) is 3. The third-order valence-corrected chi connectivity index (χ3v) is 3.49. The molecule has 6 heteroatoms. The summed E-state index contributed by atoms with van der Waals surface area (Å²) in [7, 11) is 1.74. The Balaban J connectivity index is 1.91. The van der Waals surface area contributed by atoms with Gasteiger partial charge in [0.1, 0.15) is 5.76 Å². The maximum atomic E-state index is 12.1. The summed E-state index contributed by atoms with van der Waals surface area (Å²) in [6.07, 6.45) is 0. The van der Waals surface area contributed by atoms with Crippen molar-refractivity contribution in [2.45, 2.75) is 26.9 Å². The molecule has 0 aliphatic carbocycles. The van der Waals surface area contributed by atoms with Gasteiger partial charge < -0.3 is 14.7 Å². The summed E-state index contributed by atoms with van der Waals surface area (Å²) >= 11 is 5.93. The Kier molecular flexibility index (Phi) is 4.85. The summed E-state index contributed by atoms with van der Waals surface area (Å²) in [4.78, 5) is 13.7. The van der Waals surface area contributed by atoms with E-state index in [1.165, 1.54) is 0 Å². The van der Waals surface area contributed by atoms with Gasteiger partial charge in [0.05, 0.1) is 5.69 Å². The van der Waals surface area contributed by atoms with Gasteiger partial charge in [-0.15, -0.1) is 0 Å². The van der Waals surface area contributed by atoms with E-state index in [0.29, 0.717) is 18.1 Å². The Morgan fingerprint density at radius 1 is 1.43 bits per heavy atom. The Hall–Kier alpha value is -2.01. The summed E-state index contributed by atoms with van der Waals surface area (Å²) in [5.41, 5.74) is 2.70. The zero-order chi connectivity index (χ0) is 15.4. The van der Waals surface area contributed by atoms with E-state index < -0.39 is 0 Å². The Morgan fingerprint density at radius 2 is 2.19 bits per heavy atom. The van der Waals surface area contributed by atoms with Crippen molar-refractivity contribution in [3.63, 3.8) is 0 Å². The predicted molar refractivity (Wildman–Crippen MR) is 81.1 cm³/mol. The summed E-state index contributed by atoms with van der Waals surface area (Å²) in [5.74, 6) is 0.727. The molecule has 0 bridgehead atoms. The number of halogens is 1. The summed E-state index contributed by atoms with van der Waals surface area (Å²) in [6.45, 7) is 4.58. The molecule has 0 aliphatic rings. The van der Waals surface area contributed by atoms with Crippen molar-refractivity contribution in [2.75, 3.05) is 7.05 Å². The molecule has 0 atom stereocenters. The molecule has 0 spiro atoms. The molecular formula is C15H18ClN3O2. The summed E-state index contributed by atoms with van der Waals surface area (Å²) in [5, 5.41) is 7.38. The first-order valence-electron chi connectivity index (χ1n) is 6.62. The van der Waals surface area contributed by atoms with Gasteiger partial charge in [0.15, 0.2) is 0 Å². The van der Waals surface area contributed by atoms with Crippen LogP contribution in [0.15, 0.2) is 28.8 Å². The quantitative estimate of drug-likeness (QED) is 0.943. The van der Waals surface area contributed by atoms with Crippen molar-refractivity contribution in [2.24, 2.45) is 0 Å². The highest BCUT2D eigenvalue weighted by Crippen LogP contribution is 2.13. The smallest absolute Gasteiger partial charge is 0.317 e. The van der Waals surface area contributed by atoms with Crippen LogP contribution in [-0.2, 0) is 13.1 Å². The van der Waals surface area contributed by atoms with Crippen LogP contribution in [-0.4, -0.2) is 23.1 Å². The number of urea groups is 1. The van der Waals surface area contributed by atoms with Crippen molar-refractivity contribution in [3.8, 4) is 0 Å². The highest BCUT2D eigenvalue weighted by molar-refractivity contribution is 6.30. The number of carbonyl (C=O) groups is 1. The highest BCUT2D eigenvalue weighted by Gasteiger charge is 2.13. The van der Waals surface area contributed by atoms with Gasteiger partial charge in [0.2, 0.25) is 0 Å². The van der Waals surface area contributed by atoms with Crippen LogP contribution in [0.5, 0.6) is 0 Å². The number of benzene rings is 1. The van der Waals surface area contributed by atoms with Crippen LogP contribution in [0.25, 0.3) is 0 Å². The molecule has 112 valence electrons. The van der Waals surface area contributed by atoms with E-state index in [1.807, 2.05) is 38.1 Å². The van der Waals surface area contributed by atoms with E-state index in [9.17, 15) is 4.79 Å². The van der Waals surface area contributed by atoms with E-state index in [0.717, 1.165) is 22.6 Å². The molecule has 0 fully saturated rings. The third-order valence-electron chi connectivity index (χ3n) is 3.25. The van der Waals surface area contributed by atoms with Crippen molar-refractivity contribution in [1.82, 2.24) is 15.4 Å². The normalized spacial score (nSPS) is 10.5. The minimum Gasteiger partial charge on any atom is -0.361 e. The van der Waals surface area contributed by atoms with Gasteiger partial charge in [-0.1, -0.05) is 28.9 Å². The molecule has 1 heterocycles. The molecule has 0 saturated heterocycles. The fourth-order valence-electron chi connectivity index (χ4n) is 2.03. The van der Waals surface area contributed by atoms with Crippen LogP contribution < -0.4 is 5.32 Å². The lowest BCUT2D eigenvalue weighted by molar-refractivity contribution is 0.206. The fraction of sp³-hybridized carbons (Fsp3) is 0.333. The lowest BCUT2D eigenvalue weighted by Crippen LogP contribution is -2.36. The molecular weight excluding hydrogens is 290 g/mol. The van der Waals surface area contributed by atoms with E-state index in [-0.39, 0.29) is 6.03 Å². The maximum absolute atomic E-state index is 12.1. The van der Waals surface area contributed by atoms with Crippen LogP contribution in [0.3, 0.4) is 0 Å². The van der Waals surface area contributed by atoms with E-state index in [4.69, 9.17) is 16.1 Å². The lowest BCUT2D eigenvalue weighted by atomic mass is 10.2. The first kappa shape index (κ1) is 15.4. The Morgan fingerprint density at radius 3 is 2.81 bits per heavy atom. The zero-order valence-corrected chi connectivity index (χ0v) is 13.1. The lowest BCUT2D eigenvalue weighted by Gasteiger charge is -2.18. The molecule has 2 aromatic rings. The first-order chi connectivity index (χ1) is 9.97. The van der Waals surface area contributed by atoms with Crippen LogP contribution in [0.1, 0.15) is 22.6 Å². The molecule has 5 nitrogen and oxygen atoms in total. The van der Waals surface area contributed by atoms with Gasteiger partial charge >= 0.3 is 6.03 Å². The average Bonchev–Trinajstić information content (AvgIpc) is 2.75. The number of nitrogens with zero attached hydrogens (tertiary/aromatic N) is 2. The summed E-state index contributed by atoms with van der Waals surface area (Å²) < 4.78 is 5.07. The molecule has 21 heavy (non-hydrogen) atoms. The SMILES string of the molecule is Cc1noc(C)c1CNC(=O)N(C)Cc1cccc(Cl)c1. The Bertz CT molecular complexity index is 620. The number of aryl methyl sites for hydroxylation is 2. The van der Waals surface area contributed by atoms with E-state index >= 15 is 0 Å². The minimum absolute atomic E-state index is 0.157. The van der Waals surface area contributed by atoms with E-state index in [1.54, 1.807) is 11.9 Å². The van der Waals surface area contributed by atoms with Gasteiger partial charge in [-0.25, -0.2) is 4.79 Å².